The monoisotopic (exact) mass is 617 g/mol. The van der Waals surface area contributed by atoms with Gasteiger partial charge in [-0.1, -0.05) is 0 Å². The average Bonchev–Trinajstić information content (AvgIpc) is 2.83. The molecule has 0 aliphatic rings. The first-order valence-electron chi connectivity index (χ1n) is 14.4. The van der Waals surface area contributed by atoms with Crippen LogP contribution in [0, 0.1) is 12.8 Å². The van der Waals surface area contributed by atoms with Gasteiger partial charge < -0.3 is 0 Å². The van der Waals surface area contributed by atoms with Gasteiger partial charge in [0.25, 0.3) is 0 Å². The summed E-state index contributed by atoms with van der Waals surface area (Å²) in [5.41, 5.74) is 1.06. The number of nitrogens with zero attached hydrogens (tertiary/aromatic N) is 1. The van der Waals surface area contributed by atoms with Crippen molar-refractivity contribution in [2.24, 2.45) is 5.92 Å². The van der Waals surface area contributed by atoms with Gasteiger partial charge in [0.15, 0.2) is 0 Å². The molecule has 0 aliphatic carbocycles. The van der Waals surface area contributed by atoms with E-state index in [4.69, 9.17) is 0 Å². The number of hydrogen-bond donors (Lipinski definition) is 1. The van der Waals surface area contributed by atoms with Crippen molar-refractivity contribution in [3.8, 4) is 0 Å². The first-order chi connectivity index (χ1) is 16.6. The first kappa shape index (κ1) is 32.9. The molecule has 1 rings (SSSR count). The van der Waals surface area contributed by atoms with E-state index in [9.17, 15) is 13.5 Å². The van der Waals surface area contributed by atoms with E-state index in [0.717, 1.165) is 44.1 Å². The van der Waals surface area contributed by atoms with E-state index in [-0.39, 0.29) is 22.6 Å². The maximum absolute atomic E-state index is 14.5. The molecule has 1 aromatic carbocycles. The number of aliphatic hydroxyl groups is 1. The third-order valence-electron chi connectivity index (χ3n) is 7.81. The molecule has 0 heterocycles. The van der Waals surface area contributed by atoms with Gasteiger partial charge in [0.05, 0.1) is 0 Å². The third-order valence-corrected chi connectivity index (χ3v) is 27.5. The van der Waals surface area contributed by atoms with Crippen LogP contribution in [-0.2, 0) is 10.0 Å². The second-order valence-electron chi connectivity index (χ2n) is 11.0. The van der Waals surface area contributed by atoms with Gasteiger partial charge in [0.2, 0.25) is 0 Å². The zero-order valence-electron chi connectivity index (χ0n) is 23.9. The summed E-state index contributed by atoms with van der Waals surface area (Å²) in [6, 6.07) is 6.95. The molecule has 0 aliphatic heterocycles. The molecule has 0 fully saturated rings. The van der Waals surface area contributed by atoms with Gasteiger partial charge in [-0.3, -0.25) is 0 Å². The van der Waals surface area contributed by atoms with Crippen LogP contribution in [0.3, 0.4) is 0 Å². The molecule has 0 saturated heterocycles. The van der Waals surface area contributed by atoms with Crippen molar-refractivity contribution in [2.75, 3.05) is 6.61 Å². The Labute approximate surface area is 222 Å². The fourth-order valence-electron chi connectivity index (χ4n) is 5.56. The number of aryl methyl sites for hydroxylation is 1. The molecule has 0 unspecified atom stereocenters. The summed E-state index contributed by atoms with van der Waals surface area (Å²) >= 11 is -3.03. The molecule has 6 heteroatoms. The van der Waals surface area contributed by atoms with Crippen LogP contribution < -0.4 is 0 Å². The summed E-state index contributed by atoms with van der Waals surface area (Å²) in [4.78, 5) is 0.380. The Morgan fingerprint density at radius 3 is 1.66 bits per heavy atom. The van der Waals surface area contributed by atoms with Crippen molar-refractivity contribution in [3.63, 3.8) is 0 Å². The van der Waals surface area contributed by atoms with Gasteiger partial charge in [-0.25, -0.2) is 0 Å². The Kier molecular flexibility index (Phi) is 15.7. The summed E-state index contributed by atoms with van der Waals surface area (Å²) in [7, 11) is -3.74. The number of benzene rings is 1. The number of unbranched alkanes of at least 4 members (excludes halogenated alkanes) is 4. The Bertz CT molecular complexity index is 773. The number of aliphatic hydroxyl groups excluding tert-OH is 1. The van der Waals surface area contributed by atoms with Crippen molar-refractivity contribution in [2.45, 2.75) is 135 Å². The van der Waals surface area contributed by atoms with Crippen LogP contribution in [0.2, 0.25) is 13.3 Å². The van der Waals surface area contributed by atoms with E-state index < -0.39 is 28.4 Å². The predicted octanol–water partition coefficient (Wildman–Crippen LogP) is 7.95. The molecule has 0 spiro atoms. The van der Waals surface area contributed by atoms with E-state index in [1.807, 2.05) is 23.4 Å². The van der Waals surface area contributed by atoms with Crippen molar-refractivity contribution >= 4 is 28.4 Å². The van der Waals surface area contributed by atoms with Gasteiger partial charge in [0.1, 0.15) is 0 Å². The van der Waals surface area contributed by atoms with Gasteiger partial charge in [0, 0.05) is 0 Å². The van der Waals surface area contributed by atoms with Gasteiger partial charge in [-0.05, 0) is 0 Å². The van der Waals surface area contributed by atoms with Crippen LogP contribution >= 0.6 is 0 Å². The van der Waals surface area contributed by atoms with E-state index in [2.05, 4.69) is 41.5 Å². The standard InChI is InChI=1S/C17H28NO3S.3C4H9.Sn/c1-5-6-7-12-18(17(13-19)14(2)3)22(20,21)16-10-8-15(4)9-11-16;3*1-3-4-2;/h8-12,14,17,19H,5-7,13H2,1-4H3;3*1,3-4H2,2H3;/t17-;;;;/m1..../s1. The summed E-state index contributed by atoms with van der Waals surface area (Å²) in [5.74, 6) is 0.0527. The molecule has 35 heavy (non-hydrogen) atoms. The van der Waals surface area contributed by atoms with Crippen LogP contribution in [-0.4, -0.2) is 52.9 Å². The second-order valence-corrected chi connectivity index (χ2v) is 26.8. The fourth-order valence-corrected chi connectivity index (χ4v) is 28.5. The zero-order valence-corrected chi connectivity index (χ0v) is 27.5. The van der Waals surface area contributed by atoms with Gasteiger partial charge >= 0.3 is 223 Å². The van der Waals surface area contributed by atoms with Crippen molar-refractivity contribution < 1.29 is 13.5 Å². The Morgan fingerprint density at radius 1 is 0.829 bits per heavy atom. The second kappa shape index (κ2) is 16.7. The van der Waals surface area contributed by atoms with E-state index in [1.165, 1.54) is 32.6 Å². The number of rotatable bonds is 19. The van der Waals surface area contributed by atoms with Crippen molar-refractivity contribution in [1.29, 1.82) is 0 Å². The average molecular weight is 617 g/mol. The van der Waals surface area contributed by atoms with Crippen LogP contribution in [0.5, 0.6) is 0 Å². The van der Waals surface area contributed by atoms with Crippen molar-refractivity contribution in [1.82, 2.24) is 4.31 Å². The summed E-state index contributed by atoms with van der Waals surface area (Å²) in [6.45, 7) is 15.0. The molecule has 2 atom stereocenters. The quantitative estimate of drug-likeness (QED) is 0.161. The molecular weight excluding hydrogens is 561 g/mol. The van der Waals surface area contributed by atoms with Crippen LogP contribution in [0.1, 0.15) is 105 Å². The first-order valence-corrected chi connectivity index (χ1v) is 23.5. The molecule has 0 amide bonds. The molecule has 0 aromatic heterocycles. The Balaban J connectivity index is 3.86. The summed E-state index contributed by atoms with van der Waals surface area (Å²) < 4.78 is 34.7. The molecule has 0 saturated carbocycles. The van der Waals surface area contributed by atoms with E-state index >= 15 is 0 Å². The van der Waals surface area contributed by atoms with Crippen LogP contribution in [0.15, 0.2) is 29.2 Å². The molecular formula is C29H55NO3SSn. The summed E-state index contributed by atoms with van der Waals surface area (Å²) in [6.07, 6.45) is 10.2. The van der Waals surface area contributed by atoms with E-state index in [0.29, 0.717) is 4.90 Å². The minimum atomic E-state index is -3.74. The normalized spacial score (nSPS) is 14.6. The molecule has 1 aromatic rings. The number of sulfonamides is 1. The fraction of sp³-hybridized carbons (Fsp3) is 0.793. The van der Waals surface area contributed by atoms with Crippen molar-refractivity contribution in [3.05, 3.63) is 29.8 Å². The third kappa shape index (κ3) is 9.30. The maximum atomic E-state index is 14.5. The Hall–Kier alpha value is -0.111. The predicted molar refractivity (Wildman–Crippen MR) is 154 cm³/mol. The molecule has 0 radical (unpaired) electrons. The van der Waals surface area contributed by atoms with Crippen LogP contribution in [0.25, 0.3) is 0 Å². The molecule has 4 nitrogen and oxygen atoms in total. The minimum absolute atomic E-state index is 0.0527. The number of hydrogen-bond acceptors (Lipinski definition) is 3. The van der Waals surface area contributed by atoms with Gasteiger partial charge in [-0.2, -0.15) is 0 Å². The molecule has 204 valence electrons. The molecule has 0 bridgehead atoms. The SMILES string of the molecule is CCCC[C@H](N([C@H](CO)C(C)C)S(=O)(=O)c1ccc(C)cc1)[Sn]([CH2]CCC)([CH2]CCC)[CH2]CCC. The Morgan fingerprint density at radius 2 is 1.29 bits per heavy atom. The topological polar surface area (TPSA) is 57.6 Å². The summed E-state index contributed by atoms with van der Waals surface area (Å²) in [5, 5.41) is 10.6. The van der Waals surface area contributed by atoms with Crippen LogP contribution in [0.4, 0.5) is 0 Å². The molecule has 1 N–H and O–H groups in total. The zero-order chi connectivity index (χ0) is 26.5. The van der Waals surface area contributed by atoms with Gasteiger partial charge in [-0.15, -0.1) is 0 Å². The van der Waals surface area contributed by atoms with E-state index in [1.54, 1.807) is 12.1 Å².